The summed E-state index contributed by atoms with van der Waals surface area (Å²) in [5, 5.41) is -0.348. The van der Waals surface area contributed by atoms with Crippen LogP contribution in [0.4, 0.5) is 0 Å². The van der Waals surface area contributed by atoms with Crippen LogP contribution in [-0.4, -0.2) is 47.1 Å². The van der Waals surface area contributed by atoms with Gasteiger partial charge in [0.05, 0.1) is 5.25 Å². The molecule has 2 amide bonds. The smallest absolute Gasteiger partial charge is 0.229 e. The van der Waals surface area contributed by atoms with Crippen LogP contribution in [0.1, 0.15) is 12.8 Å². The lowest BCUT2D eigenvalue weighted by Crippen LogP contribution is -2.36. The van der Waals surface area contributed by atoms with Gasteiger partial charge in [0.15, 0.2) is 0 Å². The number of likely N-dealkylation sites (tertiary alicyclic amines) is 1. The first-order valence-electron chi connectivity index (χ1n) is 4.79. The molecule has 1 saturated heterocycles. The third-order valence-electron chi connectivity index (χ3n) is 2.12. The summed E-state index contributed by atoms with van der Waals surface area (Å²) in [6.07, 6.45) is 1.30. The van der Waals surface area contributed by atoms with Crippen LogP contribution in [-0.2, 0) is 14.4 Å². The monoisotopic (exact) mass is 230 g/mol. The number of rotatable bonds is 6. The Kier molecular flexibility index (Phi) is 4.77. The van der Waals surface area contributed by atoms with Gasteiger partial charge in [-0.1, -0.05) is 0 Å². The largest absolute Gasteiger partial charge is 0.330 e. The molecule has 2 N–H and O–H groups in total. The number of aldehydes is 1. The van der Waals surface area contributed by atoms with Gasteiger partial charge in [-0.05, 0) is 0 Å². The molecule has 5 nitrogen and oxygen atoms in total. The van der Waals surface area contributed by atoms with Gasteiger partial charge in [0.2, 0.25) is 11.8 Å². The van der Waals surface area contributed by atoms with E-state index >= 15 is 0 Å². The molecule has 0 aliphatic carbocycles. The molecule has 0 radical (unpaired) electrons. The number of nitrogens with zero attached hydrogens (tertiary/aromatic N) is 1. The van der Waals surface area contributed by atoms with Gasteiger partial charge >= 0.3 is 0 Å². The summed E-state index contributed by atoms with van der Waals surface area (Å²) in [5.74, 6) is 0.292. The molecule has 1 rings (SSSR count). The number of thioether (sulfide) groups is 1. The molecule has 1 unspecified atom stereocenters. The van der Waals surface area contributed by atoms with Crippen molar-refractivity contribution in [2.45, 2.75) is 18.1 Å². The Morgan fingerprint density at radius 3 is 2.47 bits per heavy atom. The molecule has 6 heteroatoms. The third-order valence-corrected chi connectivity index (χ3v) is 3.28. The van der Waals surface area contributed by atoms with Crippen LogP contribution >= 0.6 is 11.8 Å². The number of imide groups is 1. The number of hydrogen-bond donors (Lipinski definition) is 1. The van der Waals surface area contributed by atoms with E-state index in [1.165, 1.54) is 16.7 Å². The molecule has 0 aromatic rings. The minimum Gasteiger partial charge on any atom is -0.330 e. The molecule has 15 heavy (non-hydrogen) atoms. The van der Waals surface area contributed by atoms with E-state index in [4.69, 9.17) is 5.73 Å². The van der Waals surface area contributed by atoms with Crippen LogP contribution in [0.25, 0.3) is 0 Å². The number of carbonyl (C=O) groups is 3. The van der Waals surface area contributed by atoms with Gasteiger partial charge in [0, 0.05) is 31.7 Å². The highest BCUT2D eigenvalue weighted by molar-refractivity contribution is 8.00. The Morgan fingerprint density at radius 2 is 2.00 bits per heavy atom. The molecular formula is C9H14N2O3S. The van der Waals surface area contributed by atoms with Gasteiger partial charge in [-0.25, -0.2) is 0 Å². The molecule has 0 saturated carbocycles. The Balaban J connectivity index is 2.46. The van der Waals surface area contributed by atoms with Crippen molar-refractivity contribution in [2.75, 3.05) is 18.8 Å². The van der Waals surface area contributed by atoms with E-state index in [0.717, 1.165) is 6.29 Å². The van der Waals surface area contributed by atoms with Crippen molar-refractivity contribution in [3.63, 3.8) is 0 Å². The number of nitrogens with two attached hydrogens (primary N) is 1. The van der Waals surface area contributed by atoms with Gasteiger partial charge in [-0.2, -0.15) is 0 Å². The Labute approximate surface area is 92.4 Å². The second kappa shape index (κ2) is 5.87. The summed E-state index contributed by atoms with van der Waals surface area (Å²) in [5.41, 5.74) is 5.31. The van der Waals surface area contributed by atoms with Crippen LogP contribution in [0.15, 0.2) is 0 Å². The van der Waals surface area contributed by atoms with Crippen LogP contribution in [0, 0.1) is 0 Å². The van der Waals surface area contributed by atoms with E-state index in [-0.39, 0.29) is 36.5 Å². The van der Waals surface area contributed by atoms with Gasteiger partial charge < -0.3 is 10.5 Å². The molecular weight excluding hydrogens is 216 g/mol. The molecule has 1 aliphatic heterocycles. The first-order chi connectivity index (χ1) is 7.19. The zero-order valence-corrected chi connectivity index (χ0v) is 9.16. The SMILES string of the molecule is NCCSC(C=O)CN1C(=O)CCC1=O. The molecule has 1 atom stereocenters. The standard InChI is InChI=1S/C9H14N2O3S/c10-3-4-15-7(6-12)5-11-8(13)1-2-9(11)14/h6-7H,1-5,10H2. The van der Waals surface area contributed by atoms with Crippen molar-refractivity contribution in [1.82, 2.24) is 4.90 Å². The fourth-order valence-corrected chi connectivity index (χ4v) is 2.13. The highest BCUT2D eigenvalue weighted by Gasteiger charge is 2.30. The maximum absolute atomic E-state index is 11.3. The molecule has 0 aromatic carbocycles. The second-order valence-electron chi connectivity index (χ2n) is 3.23. The second-order valence-corrected chi connectivity index (χ2v) is 4.58. The predicted octanol–water partition coefficient (Wildman–Crippen LogP) is -0.605. The number of amides is 2. The summed E-state index contributed by atoms with van der Waals surface area (Å²) >= 11 is 1.37. The van der Waals surface area contributed by atoms with Crippen LogP contribution in [0.2, 0.25) is 0 Å². The minimum atomic E-state index is -0.348. The predicted molar refractivity (Wildman–Crippen MR) is 57.3 cm³/mol. The number of hydrogen-bond acceptors (Lipinski definition) is 5. The maximum atomic E-state index is 11.3. The quantitative estimate of drug-likeness (QED) is 0.486. The molecule has 1 heterocycles. The molecule has 0 spiro atoms. The highest BCUT2D eigenvalue weighted by Crippen LogP contribution is 2.16. The van der Waals surface area contributed by atoms with Crippen molar-refractivity contribution in [3.05, 3.63) is 0 Å². The van der Waals surface area contributed by atoms with Crippen molar-refractivity contribution in [3.8, 4) is 0 Å². The van der Waals surface area contributed by atoms with Crippen molar-refractivity contribution >= 4 is 29.9 Å². The summed E-state index contributed by atoms with van der Waals surface area (Å²) in [4.78, 5) is 34.4. The zero-order valence-electron chi connectivity index (χ0n) is 8.35. The lowest BCUT2D eigenvalue weighted by Gasteiger charge is -2.17. The minimum absolute atomic E-state index is 0.180. The summed E-state index contributed by atoms with van der Waals surface area (Å²) < 4.78 is 0. The van der Waals surface area contributed by atoms with E-state index in [2.05, 4.69) is 0 Å². The first kappa shape index (κ1) is 12.2. The summed E-state index contributed by atoms with van der Waals surface area (Å²) in [6, 6.07) is 0. The average molecular weight is 230 g/mol. The zero-order chi connectivity index (χ0) is 11.3. The third kappa shape index (κ3) is 3.32. The molecule has 0 bridgehead atoms. The topological polar surface area (TPSA) is 80.5 Å². The first-order valence-corrected chi connectivity index (χ1v) is 5.84. The Bertz CT molecular complexity index is 254. The summed E-state index contributed by atoms with van der Waals surface area (Å²) in [6.45, 7) is 0.669. The molecule has 0 aromatic heterocycles. The molecule has 84 valence electrons. The Hall–Kier alpha value is -0.880. The fourth-order valence-electron chi connectivity index (χ4n) is 1.36. The van der Waals surface area contributed by atoms with E-state index in [1.807, 2.05) is 0 Å². The number of carbonyl (C=O) groups excluding carboxylic acids is 3. The van der Waals surface area contributed by atoms with Crippen molar-refractivity contribution < 1.29 is 14.4 Å². The van der Waals surface area contributed by atoms with Gasteiger partial charge in [0.25, 0.3) is 0 Å². The van der Waals surface area contributed by atoms with Gasteiger partial charge in [-0.15, -0.1) is 11.8 Å². The van der Waals surface area contributed by atoms with E-state index in [0.29, 0.717) is 12.3 Å². The lowest BCUT2D eigenvalue weighted by molar-refractivity contribution is -0.138. The molecule has 1 aliphatic rings. The van der Waals surface area contributed by atoms with Crippen molar-refractivity contribution in [2.24, 2.45) is 5.73 Å². The Morgan fingerprint density at radius 1 is 1.40 bits per heavy atom. The highest BCUT2D eigenvalue weighted by atomic mass is 32.2. The molecule has 1 fully saturated rings. The normalized spacial score (nSPS) is 18.3. The van der Waals surface area contributed by atoms with Gasteiger partial charge in [0.1, 0.15) is 6.29 Å². The average Bonchev–Trinajstić information content (AvgIpc) is 2.55. The maximum Gasteiger partial charge on any atom is 0.229 e. The summed E-state index contributed by atoms with van der Waals surface area (Å²) in [7, 11) is 0. The van der Waals surface area contributed by atoms with E-state index < -0.39 is 0 Å². The fraction of sp³-hybridized carbons (Fsp3) is 0.667. The lowest BCUT2D eigenvalue weighted by atomic mass is 10.4. The van der Waals surface area contributed by atoms with E-state index in [1.54, 1.807) is 0 Å². The van der Waals surface area contributed by atoms with E-state index in [9.17, 15) is 14.4 Å². The van der Waals surface area contributed by atoms with Crippen LogP contribution < -0.4 is 5.73 Å². The van der Waals surface area contributed by atoms with Crippen LogP contribution in [0.5, 0.6) is 0 Å². The van der Waals surface area contributed by atoms with Gasteiger partial charge in [-0.3, -0.25) is 14.5 Å². The van der Waals surface area contributed by atoms with Crippen molar-refractivity contribution in [1.29, 1.82) is 0 Å². The van der Waals surface area contributed by atoms with Crippen LogP contribution in [0.3, 0.4) is 0 Å².